The maximum atomic E-state index is 7.01. The smallest absolute Gasteiger partial charge is 0.135 e. The van der Waals surface area contributed by atoms with Crippen molar-refractivity contribution in [2.24, 2.45) is 5.41 Å². The van der Waals surface area contributed by atoms with E-state index in [4.69, 9.17) is 9.72 Å². The van der Waals surface area contributed by atoms with Gasteiger partial charge in [0.15, 0.2) is 0 Å². The summed E-state index contributed by atoms with van der Waals surface area (Å²) in [6.45, 7) is 24.9. The molecule has 3 heterocycles. The van der Waals surface area contributed by atoms with E-state index >= 15 is 0 Å². The second-order valence-corrected chi connectivity index (χ2v) is 21.6. The normalized spacial score (nSPS) is 13.4. The molecule has 0 spiro atoms. The Morgan fingerprint density at radius 1 is 0.500 bits per heavy atom. The molecule has 0 N–H and O–H groups in total. The number of rotatable bonds is 10. The summed E-state index contributed by atoms with van der Waals surface area (Å²) in [7, 11) is 0. The minimum absolute atomic E-state index is 0. The average molecular weight is 1100 g/mol. The van der Waals surface area contributed by atoms with Crippen molar-refractivity contribution in [3.05, 3.63) is 235 Å². The summed E-state index contributed by atoms with van der Waals surface area (Å²) >= 11 is 0. The van der Waals surface area contributed by atoms with Crippen molar-refractivity contribution in [3.8, 4) is 28.4 Å². The molecule has 0 bridgehead atoms. The standard InChI is InChI=1S/C64H61N4O.Pt/c1-61(2,3)46-27-29-51(30-28-46)67-43-66(42-59(67)62(4,5)6)52-37-50(64(9,10)48-24-18-13-19-25-48)38-54(40-52)69-53-31-32-55-56-36-45(44-20-14-11-15-21-44)26-33-57(56)68(58(55)41-53)60-39-49(34-35-65-60)63(7,8)47-22-16-12-17-23-47;/h11-39,42-43H,1-10H3;/q-3;. The van der Waals surface area contributed by atoms with Gasteiger partial charge in [0.2, 0.25) is 0 Å². The van der Waals surface area contributed by atoms with E-state index in [0.717, 1.165) is 50.1 Å². The third kappa shape index (κ3) is 9.25. The first kappa shape index (κ1) is 48.3. The zero-order valence-electron chi connectivity index (χ0n) is 41.9. The zero-order valence-corrected chi connectivity index (χ0v) is 44.2. The van der Waals surface area contributed by atoms with E-state index in [1.807, 2.05) is 12.3 Å². The van der Waals surface area contributed by atoms with E-state index in [0.29, 0.717) is 11.5 Å². The van der Waals surface area contributed by atoms with Gasteiger partial charge in [-0.15, -0.1) is 53.6 Å². The van der Waals surface area contributed by atoms with E-state index in [1.54, 1.807) is 0 Å². The van der Waals surface area contributed by atoms with Crippen LogP contribution in [0.3, 0.4) is 0 Å². The van der Waals surface area contributed by atoms with E-state index < -0.39 is 0 Å². The van der Waals surface area contributed by atoms with Gasteiger partial charge in [0, 0.05) is 66.5 Å². The van der Waals surface area contributed by atoms with Crippen molar-refractivity contribution in [1.82, 2.24) is 9.55 Å². The molecule has 0 radical (unpaired) electrons. The van der Waals surface area contributed by atoms with Crippen molar-refractivity contribution in [2.75, 3.05) is 9.80 Å². The number of pyridine rings is 1. The summed E-state index contributed by atoms with van der Waals surface area (Å²) in [6, 6.07) is 68.1. The van der Waals surface area contributed by atoms with Crippen LogP contribution in [0.25, 0.3) is 38.8 Å². The summed E-state index contributed by atoms with van der Waals surface area (Å²) in [6.07, 6.45) is 4.17. The third-order valence-corrected chi connectivity index (χ3v) is 14.0. The Bertz CT molecular complexity index is 3340. The van der Waals surface area contributed by atoms with Crippen LogP contribution < -0.4 is 14.5 Å². The van der Waals surface area contributed by atoms with E-state index in [9.17, 15) is 0 Å². The number of aromatic nitrogens is 2. The predicted molar refractivity (Wildman–Crippen MR) is 287 cm³/mol. The van der Waals surface area contributed by atoms with Crippen LogP contribution in [0.4, 0.5) is 11.4 Å². The summed E-state index contributed by atoms with van der Waals surface area (Å²) in [5.41, 5.74) is 12.8. The fourth-order valence-corrected chi connectivity index (χ4v) is 9.64. The van der Waals surface area contributed by atoms with Crippen molar-refractivity contribution in [3.63, 3.8) is 0 Å². The fraction of sp³-hybridized carbons (Fsp3) is 0.219. The van der Waals surface area contributed by atoms with Crippen LogP contribution in [0.2, 0.25) is 0 Å². The number of hydrogen-bond acceptors (Lipinski definition) is 4. The number of fused-ring (bicyclic) bond motifs is 3. The largest absolute Gasteiger partial charge is 0.509 e. The second kappa shape index (κ2) is 18.6. The summed E-state index contributed by atoms with van der Waals surface area (Å²) in [5.74, 6) is 2.01. The summed E-state index contributed by atoms with van der Waals surface area (Å²) in [4.78, 5) is 9.55. The Kier molecular flexibility index (Phi) is 12.8. The molecule has 0 amide bonds. The van der Waals surface area contributed by atoms with Gasteiger partial charge in [0.25, 0.3) is 0 Å². The SMILES string of the molecule is CC(C)(C)C1=CN(c2[c-]c(Oc3[c-]c4c(cc3)c3cc(-c5ccccc5)ccc3n4-c3cc(C(C)(C)c4ccccc4)ccn3)cc(C(C)(C)c3ccccc3)c2)[CH-]N1c1ccc(C(C)(C)C)cc1.[Pt]. The van der Waals surface area contributed by atoms with Crippen molar-refractivity contribution in [2.45, 2.75) is 85.5 Å². The van der Waals surface area contributed by atoms with Crippen LogP contribution >= 0.6 is 0 Å². The Hall–Kier alpha value is -6.68. The number of ether oxygens (including phenoxy) is 1. The molecule has 0 atom stereocenters. The van der Waals surface area contributed by atoms with Gasteiger partial charge < -0.3 is 19.1 Å². The van der Waals surface area contributed by atoms with Crippen molar-refractivity contribution < 1.29 is 25.8 Å². The molecule has 0 unspecified atom stereocenters. The van der Waals surface area contributed by atoms with Crippen molar-refractivity contribution in [1.29, 1.82) is 0 Å². The van der Waals surface area contributed by atoms with E-state index in [-0.39, 0.29) is 42.7 Å². The average Bonchev–Trinajstić information content (AvgIpc) is 3.95. The monoisotopic (exact) mass is 1100 g/mol. The molecule has 5 nitrogen and oxygen atoms in total. The first-order chi connectivity index (χ1) is 32.9. The summed E-state index contributed by atoms with van der Waals surface area (Å²) < 4.78 is 9.24. The first-order valence-electron chi connectivity index (χ1n) is 24.1. The molecule has 9 aromatic rings. The van der Waals surface area contributed by atoms with Crippen LogP contribution in [0.1, 0.15) is 97.1 Å². The molecule has 0 fully saturated rings. The Balaban J connectivity index is 0.00000608. The van der Waals surface area contributed by atoms with Crippen LogP contribution in [0, 0.1) is 24.2 Å². The topological polar surface area (TPSA) is 33.5 Å². The van der Waals surface area contributed by atoms with Crippen LogP contribution in [-0.2, 0) is 37.3 Å². The van der Waals surface area contributed by atoms with Crippen LogP contribution in [0.5, 0.6) is 11.5 Å². The Morgan fingerprint density at radius 2 is 1.13 bits per heavy atom. The molecule has 0 aliphatic carbocycles. The van der Waals surface area contributed by atoms with Gasteiger partial charge in [-0.05, 0) is 86.1 Å². The van der Waals surface area contributed by atoms with Gasteiger partial charge in [-0.3, -0.25) is 0 Å². The molecule has 0 saturated carbocycles. The molecule has 6 heteroatoms. The van der Waals surface area contributed by atoms with Crippen LogP contribution in [0.15, 0.2) is 188 Å². The van der Waals surface area contributed by atoms with Crippen LogP contribution in [-0.4, -0.2) is 9.55 Å². The molecule has 1 aliphatic heterocycles. The van der Waals surface area contributed by atoms with Gasteiger partial charge in [-0.2, -0.15) is 6.07 Å². The van der Waals surface area contributed by atoms with Gasteiger partial charge in [0.05, 0.1) is 0 Å². The molecule has 7 aromatic carbocycles. The first-order valence-corrected chi connectivity index (χ1v) is 24.1. The molecule has 10 rings (SSSR count). The molecule has 0 saturated heterocycles. The molecule has 1 aliphatic rings. The van der Waals surface area contributed by atoms with E-state index in [2.05, 4.69) is 272 Å². The number of nitrogens with zero attached hydrogens (tertiary/aromatic N) is 4. The quantitative estimate of drug-likeness (QED) is 0.128. The number of benzene rings is 7. The van der Waals surface area contributed by atoms with Gasteiger partial charge in [-0.25, -0.2) is 4.98 Å². The third-order valence-electron chi connectivity index (χ3n) is 14.0. The van der Waals surface area contributed by atoms with Crippen molar-refractivity contribution >= 4 is 33.2 Å². The number of hydrogen-bond donors (Lipinski definition) is 0. The Labute approximate surface area is 429 Å². The maximum Gasteiger partial charge on any atom is 0.135 e. The molecule has 70 heavy (non-hydrogen) atoms. The Morgan fingerprint density at radius 3 is 1.76 bits per heavy atom. The molecular weight excluding hydrogens is 1040 g/mol. The summed E-state index contributed by atoms with van der Waals surface area (Å²) in [5, 5.41) is 2.18. The molecule has 2 aromatic heterocycles. The number of anilines is 2. The van der Waals surface area contributed by atoms with Gasteiger partial charge in [0.1, 0.15) is 5.82 Å². The predicted octanol–water partition coefficient (Wildman–Crippen LogP) is 16.5. The zero-order chi connectivity index (χ0) is 48.3. The maximum absolute atomic E-state index is 7.01. The fourth-order valence-electron chi connectivity index (χ4n) is 9.64. The van der Waals surface area contributed by atoms with Gasteiger partial charge in [-0.1, -0.05) is 190 Å². The molecule has 356 valence electrons. The minimum atomic E-state index is -0.358. The number of allylic oxidation sites excluding steroid dienone is 1. The molecular formula is C64H61N4OPt-3. The van der Waals surface area contributed by atoms with Gasteiger partial charge >= 0.3 is 0 Å². The minimum Gasteiger partial charge on any atom is -0.509 e. The van der Waals surface area contributed by atoms with E-state index in [1.165, 1.54) is 33.5 Å². The second-order valence-electron chi connectivity index (χ2n) is 21.6.